The molecule has 0 bridgehead atoms. The van der Waals surface area contributed by atoms with E-state index in [-0.39, 0.29) is 0 Å². The molecule has 10 heavy (non-hydrogen) atoms. The molecule has 0 unspecified atom stereocenters. The van der Waals surface area contributed by atoms with Gasteiger partial charge >= 0.3 is 0 Å². The highest BCUT2D eigenvalue weighted by Gasteiger charge is 1.73. The SMILES string of the molecule is C=C/C=C/C(N)=C/C=C/C. The second kappa shape index (κ2) is 5.89. The van der Waals surface area contributed by atoms with E-state index < -0.39 is 0 Å². The Kier molecular flexibility index (Phi) is 5.16. The van der Waals surface area contributed by atoms with Crippen LogP contribution in [0.2, 0.25) is 0 Å². The lowest BCUT2D eigenvalue weighted by Gasteiger charge is -1.85. The maximum atomic E-state index is 5.52. The fraction of sp³-hybridized carbons (Fsp3) is 0.111. The molecule has 0 heterocycles. The average molecular weight is 135 g/mol. The summed E-state index contributed by atoms with van der Waals surface area (Å²) in [5.74, 6) is 0. The molecule has 0 aliphatic rings. The van der Waals surface area contributed by atoms with E-state index in [1.165, 1.54) is 0 Å². The quantitative estimate of drug-likeness (QED) is 0.589. The van der Waals surface area contributed by atoms with Crippen LogP contribution in [0.3, 0.4) is 0 Å². The summed E-state index contributed by atoms with van der Waals surface area (Å²) in [6.45, 7) is 5.47. The summed E-state index contributed by atoms with van der Waals surface area (Å²) >= 11 is 0. The molecule has 0 radical (unpaired) electrons. The Morgan fingerprint density at radius 2 is 2.10 bits per heavy atom. The molecule has 1 heteroatoms. The summed E-state index contributed by atoms with van der Waals surface area (Å²) < 4.78 is 0. The third kappa shape index (κ3) is 4.91. The first-order chi connectivity index (χ1) is 4.81. The normalized spacial score (nSPS) is 13.1. The van der Waals surface area contributed by atoms with Gasteiger partial charge in [-0.1, -0.05) is 30.9 Å². The lowest BCUT2D eigenvalue weighted by Crippen LogP contribution is -1.90. The molecule has 0 spiro atoms. The van der Waals surface area contributed by atoms with Crippen LogP contribution in [-0.2, 0) is 0 Å². The van der Waals surface area contributed by atoms with Crippen LogP contribution in [0, 0.1) is 0 Å². The lowest BCUT2D eigenvalue weighted by atomic mass is 10.3. The summed E-state index contributed by atoms with van der Waals surface area (Å²) in [7, 11) is 0. The largest absolute Gasteiger partial charge is 0.399 e. The van der Waals surface area contributed by atoms with E-state index in [0.717, 1.165) is 5.70 Å². The highest BCUT2D eigenvalue weighted by atomic mass is 14.5. The highest BCUT2D eigenvalue weighted by Crippen LogP contribution is 1.87. The zero-order chi connectivity index (χ0) is 7.82. The summed E-state index contributed by atoms with van der Waals surface area (Å²) in [6.07, 6.45) is 10.9. The molecule has 0 amide bonds. The van der Waals surface area contributed by atoms with Gasteiger partial charge in [-0.25, -0.2) is 0 Å². The minimum atomic E-state index is 0.734. The number of nitrogens with two attached hydrogens (primary N) is 1. The third-order valence-corrected chi connectivity index (χ3v) is 0.906. The summed E-state index contributed by atoms with van der Waals surface area (Å²) in [6, 6.07) is 0. The molecule has 0 rings (SSSR count). The Bertz CT molecular complexity index is 173. The summed E-state index contributed by atoms with van der Waals surface area (Å²) in [4.78, 5) is 0. The van der Waals surface area contributed by atoms with Crippen LogP contribution in [0.4, 0.5) is 0 Å². The van der Waals surface area contributed by atoms with E-state index in [1.807, 2.05) is 25.2 Å². The lowest BCUT2D eigenvalue weighted by molar-refractivity contribution is 1.42. The Labute approximate surface area is 62.2 Å². The van der Waals surface area contributed by atoms with Crippen molar-refractivity contribution in [3.05, 3.63) is 48.7 Å². The van der Waals surface area contributed by atoms with Gasteiger partial charge in [-0.15, -0.1) is 0 Å². The molecule has 0 aliphatic carbocycles. The number of allylic oxidation sites excluding steroid dienone is 6. The van der Waals surface area contributed by atoms with Crippen LogP contribution < -0.4 is 5.73 Å². The van der Waals surface area contributed by atoms with Crippen molar-refractivity contribution in [1.82, 2.24) is 0 Å². The highest BCUT2D eigenvalue weighted by molar-refractivity contribution is 5.22. The zero-order valence-corrected chi connectivity index (χ0v) is 6.25. The Morgan fingerprint density at radius 3 is 2.60 bits per heavy atom. The van der Waals surface area contributed by atoms with Gasteiger partial charge in [0.2, 0.25) is 0 Å². The number of hydrogen-bond acceptors (Lipinski definition) is 1. The third-order valence-electron chi connectivity index (χ3n) is 0.906. The monoisotopic (exact) mass is 135 g/mol. The predicted octanol–water partition coefficient (Wildman–Crippen LogP) is 2.15. The first-order valence-corrected chi connectivity index (χ1v) is 3.18. The van der Waals surface area contributed by atoms with Gasteiger partial charge in [-0.05, 0) is 19.1 Å². The molecule has 1 nitrogen and oxygen atoms in total. The van der Waals surface area contributed by atoms with E-state index in [4.69, 9.17) is 5.73 Å². The van der Waals surface area contributed by atoms with Crippen molar-refractivity contribution in [3.8, 4) is 0 Å². The Morgan fingerprint density at radius 1 is 1.40 bits per heavy atom. The van der Waals surface area contributed by atoms with Gasteiger partial charge in [0.15, 0.2) is 0 Å². The van der Waals surface area contributed by atoms with Crippen LogP contribution in [0.1, 0.15) is 6.92 Å². The van der Waals surface area contributed by atoms with Crippen LogP contribution in [0.25, 0.3) is 0 Å². The first kappa shape index (κ1) is 8.76. The minimum absolute atomic E-state index is 0.734. The molecule has 0 atom stereocenters. The molecule has 0 aromatic heterocycles. The van der Waals surface area contributed by atoms with Crippen LogP contribution in [-0.4, -0.2) is 0 Å². The average Bonchev–Trinajstić information content (AvgIpc) is 1.97. The molecule has 54 valence electrons. The van der Waals surface area contributed by atoms with Crippen molar-refractivity contribution in [2.75, 3.05) is 0 Å². The van der Waals surface area contributed by atoms with Gasteiger partial charge in [0.05, 0.1) is 0 Å². The van der Waals surface area contributed by atoms with Crippen molar-refractivity contribution in [2.24, 2.45) is 5.73 Å². The van der Waals surface area contributed by atoms with E-state index in [2.05, 4.69) is 6.58 Å². The minimum Gasteiger partial charge on any atom is -0.399 e. The number of hydrogen-bond donors (Lipinski definition) is 1. The predicted molar refractivity (Wildman–Crippen MR) is 46.4 cm³/mol. The van der Waals surface area contributed by atoms with E-state index >= 15 is 0 Å². The molecule has 0 aromatic rings. The van der Waals surface area contributed by atoms with Gasteiger partial charge in [0.1, 0.15) is 0 Å². The fourth-order valence-corrected chi connectivity index (χ4v) is 0.442. The van der Waals surface area contributed by atoms with E-state index in [1.54, 1.807) is 18.2 Å². The van der Waals surface area contributed by atoms with Crippen molar-refractivity contribution >= 4 is 0 Å². The molecule has 0 aromatic carbocycles. The maximum Gasteiger partial charge on any atom is 0.0313 e. The Hall–Kier alpha value is -1.24. The molecule has 0 saturated heterocycles. The maximum absolute atomic E-state index is 5.52. The van der Waals surface area contributed by atoms with Crippen molar-refractivity contribution < 1.29 is 0 Å². The molecule has 2 N–H and O–H groups in total. The topological polar surface area (TPSA) is 26.0 Å². The smallest absolute Gasteiger partial charge is 0.0313 e. The molecule has 0 aliphatic heterocycles. The number of rotatable bonds is 3. The Balaban J connectivity index is 3.93. The van der Waals surface area contributed by atoms with Crippen molar-refractivity contribution in [3.63, 3.8) is 0 Å². The summed E-state index contributed by atoms with van der Waals surface area (Å²) in [5.41, 5.74) is 6.26. The van der Waals surface area contributed by atoms with Crippen molar-refractivity contribution in [2.45, 2.75) is 6.92 Å². The zero-order valence-electron chi connectivity index (χ0n) is 6.25. The van der Waals surface area contributed by atoms with Gasteiger partial charge in [0, 0.05) is 5.70 Å². The van der Waals surface area contributed by atoms with E-state index in [0.29, 0.717) is 0 Å². The standard InChI is InChI=1S/C9H13N/c1-3-5-7-9(10)8-6-4-2/h3-8H,1,10H2,2H3/b6-4+,7-5+,9-8-. The summed E-state index contributed by atoms with van der Waals surface area (Å²) in [5, 5.41) is 0. The molecule has 0 saturated carbocycles. The van der Waals surface area contributed by atoms with Gasteiger partial charge in [-0.2, -0.15) is 0 Å². The molecular weight excluding hydrogens is 122 g/mol. The molecule has 0 fully saturated rings. The fourth-order valence-electron chi connectivity index (χ4n) is 0.442. The molecular formula is C9H13N. The second-order valence-corrected chi connectivity index (χ2v) is 1.79. The van der Waals surface area contributed by atoms with Gasteiger partial charge < -0.3 is 5.73 Å². The van der Waals surface area contributed by atoms with Crippen LogP contribution >= 0.6 is 0 Å². The second-order valence-electron chi connectivity index (χ2n) is 1.79. The van der Waals surface area contributed by atoms with Crippen LogP contribution in [0.5, 0.6) is 0 Å². The van der Waals surface area contributed by atoms with Gasteiger partial charge in [-0.3, -0.25) is 0 Å². The van der Waals surface area contributed by atoms with E-state index in [9.17, 15) is 0 Å². The van der Waals surface area contributed by atoms with Crippen LogP contribution in [0.15, 0.2) is 48.7 Å². The van der Waals surface area contributed by atoms with Gasteiger partial charge in [0.25, 0.3) is 0 Å². The first-order valence-electron chi connectivity index (χ1n) is 3.18. The van der Waals surface area contributed by atoms with Crippen molar-refractivity contribution in [1.29, 1.82) is 0 Å².